The average Bonchev–Trinajstić information content (AvgIpc) is 2.72. The van der Waals surface area contributed by atoms with Crippen molar-refractivity contribution in [3.8, 4) is 23.3 Å². The van der Waals surface area contributed by atoms with E-state index in [0.717, 1.165) is 10.8 Å². The van der Waals surface area contributed by atoms with E-state index in [-0.39, 0.29) is 34.1 Å². The number of nitriles is 1. The summed E-state index contributed by atoms with van der Waals surface area (Å²) >= 11 is 0. The molecule has 3 aromatic carbocycles. The molecule has 0 spiro atoms. The van der Waals surface area contributed by atoms with E-state index in [1.807, 2.05) is 24.3 Å². The maximum atomic E-state index is 11.6. The second-order valence-corrected chi connectivity index (χ2v) is 5.87. The summed E-state index contributed by atoms with van der Waals surface area (Å²) in [6.07, 6.45) is 1.44. The molecule has 7 heteroatoms. The van der Waals surface area contributed by atoms with Gasteiger partial charge < -0.3 is 14.6 Å². The maximum absolute atomic E-state index is 11.6. The molecule has 0 aliphatic rings. The van der Waals surface area contributed by atoms with Gasteiger partial charge in [0.2, 0.25) is 0 Å². The Morgan fingerprint density at radius 3 is 2.46 bits per heavy atom. The van der Waals surface area contributed by atoms with Crippen LogP contribution in [-0.4, -0.2) is 24.2 Å². The largest absolute Gasteiger partial charge is 0.507 e. The highest BCUT2D eigenvalue weighted by molar-refractivity contribution is 6.01. The molecule has 7 nitrogen and oxygen atoms in total. The van der Waals surface area contributed by atoms with Crippen molar-refractivity contribution in [2.75, 3.05) is 14.2 Å². The van der Waals surface area contributed by atoms with Gasteiger partial charge >= 0.3 is 0 Å². The van der Waals surface area contributed by atoms with Gasteiger partial charge in [-0.1, -0.05) is 30.3 Å². The zero-order valence-electron chi connectivity index (χ0n) is 15.2. The van der Waals surface area contributed by atoms with E-state index in [4.69, 9.17) is 9.47 Å². The van der Waals surface area contributed by atoms with Crippen molar-refractivity contribution in [3.63, 3.8) is 0 Å². The minimum Gasteiger partial charge on any atom is -0.507 e. The average molecular weight is 376 g/mol. The van der Waals surface area contributed by atoms with Crippen LogP contribution in [0.15, 0.2) is 48.5 Å². The van der Waals surface area contributed by atoms with E-state index in [1.54, 1.807) is 12.1 Å². The highest BCUT2D eigenvalue weighted by Gasteiger charge is 2.23. The van der Waals surface area contributed by atoms with Crippen molar-refractivity contribution < 1.29 is 19.5 Å². The Morgan fingerprint density at radius 2 is 1.82 bits per heavy atom. The fourth-order valence-electron chi connectivity index (χ4n) is 2.99. The summed E-state index contributed by atoms with van der Waals surface area (Å²) in [7, 11) is 2.77. The van der Waals surface area contributed by atoms with Gasteiger partial charge in [0.05, 0.1) is 36.3 Å². The predicted octanol–water partition coefficient (Wildman–Crippen LogP) is 4.53. The number of phenols is 1. The molecule has 0 atom stereocenters. The van der Waals surface area contributed by atoms with Crippen molar-refractivity contribution >= 4 is 28.1 Å². The van der Waals surface area contributed by atoms with Crippen LogP contribution in [0.1, 0.15) is 11.1 Å². The Labute approximate surface area is 160 Å². The number of methoxy groups -OCH3 is 2. The molecule has 140 valence electrons. The molecule has 0 amide bonds. The number of nitrogens with zero attached hydrogens (tertiary/aromatic N) is 2. The van der Waals surface area contributed by atoms with Crippen molar-refractivity contribution in [1.29, 1.82) is 5.26 Å². The number of benzene rings is 3. The third kappa shape index (κ3) is 3.31. The third-order valence-corrected chi connectivity index (χ3v) is 4.35. The van der Waals surface area contributed by atoms with E-state index in [1.165, 1.54) is 38.5 Å². The monoisotopic (exact) mass is 376 g/mol. The van der Waals surface area contributed by atoms with Crippen molar-refractivity contribution in [1.82, 2.24) is 0 Å². The van der Waals surface area contributed by atoms with Crippen LogP contribution in [0.2, 0.25) is 0 Å². The minimum atomic E-state index is -0.592. The van der Waals surface area contributed by atoms with Crippen molar-refractivity contribution in [3.05, 3.63) is 69.8 Å². The summed E-state index contributed by atoms with van der Waals surface area (Å²) in [5, 5.41) is 33.2. The minimum absolute atomic E-state index is 0.0132. The Hall–Kier alpha value is -4.05. The van der Waals surface area contributed by atoms with Crippen LogP contribution in [-0.2, 0) is 0 Å². The maximum Gasteiger partial charge on any atom is 0.281 e. The number of ether oxygens (including phenoxy) is 2. The molecule has 0 saturated heterocycles. The number of rotatable bonds is 5. The molecule has 0 aromatic heterocycles. The van der Waals surface area contributed by atoms with Crippen LogP contribution in [0.3, 0.4) is 0 Å². The van der Waals surface area contributed by atoms with Gasteiger partial charge in [-0.25, -0.2) is 0 Å². The van der Waals surface area contributed by atoms with Gasteiger partial charge in [0.15, 0.2) is 11.5 Å². The Balaban J connectivity index is 2.30. The van der Waals surface area contributed by atoms with Gasteiger partial charge in [-0.15, -0.1) is 0 Å². The van der Waals surface area contributed by atoms with Gasteiger partial charge in [0.25, 0.3) is 5.69 Å². The molecule has 1 N–H and O–H groups in total. The topological polar surface area (TPSA) is 106 Å². The molecule has 28 heavy (non-hydrogen) atoms. The molecule has 0 heterocycles. The number of aromatic hydroxyl groups is 1. The second-order valence-electron chi connectivity index (χ2n) is 5.87. The Morgan fingerprint density at radius 1 is 1.14 bits per heavy atom. The van der Waals surface area contributed by atoms with Gasteiger partial charge in [0.1, 0.15) is 11.8 Å². The molecule has 0 radical (unpaired) electrons. The molecule has 0 fully saturated rings. The lowest BCUT2D eigenvalue weighted by Gasteiger charge is -2.11. The molecule has 0 aliphatic heterocycles. The fourth-order valence-corrected chi connectivity index (χ4v) is 2.99. The van der Waals surface area contributed by atoms with Crippen LogP contribution >= 0.6 is 0 Å². The zero-order chi connectivity index (χ0) is 20.3. The van der Waals surface area contributed by atoms with Crippen molar-refractivity contribution in [2.24, 2.45) is 0 Å². The number of nitro benzene ring substituents is 1. The van der Waals surface area contributed by atoms with Gasteiger partial charge in [-0.2, -0.15) is 5.26 Å². The van der Waals surface area contributed by atoms with Crippen LogP contribution < -0.4 is 9.47 Å². The number of hydrogen-bond donors (Lipinski definition) is 1. The molecular weight excluding hydrogens is 360 g/mol. The van der Waals surface area contributed by atoms with Crippen LogP contribution in [0.5, 0.6) is 17.2 Å². The van der Waals surface area contributed by atoms with Crippen LogP contribution in [0, 0.1) is 21.4 Å². The lowest BCUT2D eigenvalue weighted by Crippen LogP contribution is -1.99. The lowest BCUT2D eigenvalue weighted by atomic mass is 9.97. The Kier molecular flexibility index (Phi) is 5.14. The summed E-state index contributed by atoms with van der Waals surface area (Å²) in [4.78, 5) is 11.0. The van der Waals surface area contributed by atoms with Gasteiger partial charge in [-0.05, 0) is 29.0 Å². The molecular formula is C21H16N2O5. The summed E-state index contributed by atoms with van der Waals surface area (Å²) in [5.74, 6) is 0.407. The summed E-state index contributed by atoms with van der Waals surface area (Å²) < 4.78 is 10.3. The number of nitro groups is 1. The molecule has 0 unspecified atom stereocenters. The first-order valence-electron chi connectivity index (χ1n) is 8.23. The standard InChI is InChI=1S/C21H16N2O5/c1-27-20-10-16(18(23(25)26)11-21(20)28-2)14(12-22)9-17-15-6-4-3-5-13(15)7-8-19(17)24/h3-11,24H,1-2H3. The van der Waals surface area contributed by atoms with E-state index in [0.29, 0.717) is 5.56 Å². The van der Waals surface area contributed by atoms with Crippen LogP contribution in [0.4, 0.5) is 5.69 Å². The number of phenolic OH excluding ortho intramolecular Hbond substituents is 1. The Bertz CT molecular complexity index is 1150. The molecule has 3 aromatic rings. The number of hydrogen-bond acceptors (Lipinski definition) is 6. The zero-order valence-corrected chi connectivity index (χ0v) is 15.2. The van der Waals surface area contributed by atoms with E-state index in [9.17, 15) is 20.5 Å². The smallest absolute Gasteiger partial charge is 0.281 e. The second kappa shape index (κ2) is 7.68. The third-order valence-electron chi connectivity index (χ3n) is 4.35. The fraction of sp³-hybridized carbons (Fsp3) is 0.0952. The highest BCUT2D eigenvalue weighted by Crippen LogP contribution is 2.39. The molecule has 0 aliphatic carbocycles. The molecule has 3 rings (SSSR count). The van der Waals surface area contributed by atoms with Gasteiger partial charge in [0, 0.05) is 5.56 Å². The van der Waals surface area contributed by atoms with E-state index >= 15 is 0 Å². The first-order valence-corrected chi connectivity index (χ1v) is 8.23. The molecule has 0 saturated carbocycles. The summed E-state index contributed by atoms with van der Waals surface area (Å²) in [6, 6.07) is 15.2. The van der Waals surface area contributed by atoms with E-state index in [2.05, 4.69) is 0 Å². The SMILES string of the molecule is COc1cc(C(C#N)=Cc2c(O)ccc3ccccc23)c([N+](=O)[O-])cc1OC. The first kappa shape index (κ1) is 18.7. The quantitative estimate of drug-likeness (QED) is 0.303. The lowest BCUT2D eigenvalue weighted by molar-refractivity contribution is -0.385. The number of fused-ring (bicyclic) bond motifs is 1. The normalized spacial score (nSPS) is 11.1. The van der Waals surface area contributed by atoms with Crippen molar-refractivity contribution in [2.45, 2.75) is 0 Å². The van der Waals surface area contributed by atoms with Crippen LogP contribution in [0.25, 0.3) is 22.4 Å². The summed E-state index contributed by atoms with van der Waals surface area (Å²) in [6.45, 7) is 0. The van der Waals surface area contributed by atoms with E-state index < -0.39 is 4.92 Å². The summed E-state index contributed by atoms with van der Waals surface area (Å²) in [5.41, 5.74) is 0.181. The van der Waals surface area contributed by atoms with Gasteiger partial charge in [-0.3, -0.25) is 10.1 Å². The highest BCUT2D eigenvalue weighted by atomic mass is 16.6. The predicted molar refractivity (Wildman–Crippen MR) is 105 cm³/mol. The number of allylic oxidation sites excluding steroid dienone is 1. The first-order chi connectivity index (χ1) is 13.5. The molecule has 0 bridgehead atoms.